The maximum Gasteiger partial charge on any atom is 0.454 e. The minimum Gasteiger partial charge on any atom is -0.379 e. The lowest BCUT2D eigenvalue weighted by Gasteiger charge is -2.26. The Hall–Kier alpha value is -2.84. The second kappa shape index (κ2) is 8.12. The Morgan fingerprint density at radius 1 is 1.03 bits per heavy atom. The molecule has 156 valence electrons. The van der Waals surface area contributed by atoms with Crippen LogP contribution in [0.1, 0.15) is 15.9 Å². The largest absolute Gasteiger partial charge is 0.454 e. The predicted octanol–water partition coefficient (Wildman–Crippen LogP) is 4.62. The van der Waals surface area contributed by atoms with Gasteiger partial charge in [0.1, 0.15) is 5.82 Å². The highest BCUT2D eigenvalue weighted by Gasteiger charge is 2.41. The van der Waals surface area contributed by atoms with Crippen LogP contribution in [0.3, 0.4) is 0 Å². The normalized spacial score (nSPS) is 15.5. The fourth-order valence-electron chi connectivity index (χ4n) is 3.48. The van der Waals surface area contributed by atoms with Gasteiger partial charge < -0.3 is 4.74 Å². The zero-order valence-corrected chi connectivity index (χ0v) is 15.9. The van der Waals surface area contributed by atoms with Crippen LogP contribution in [0.5, 0.6) is 0 Å². The Morgan fingerprint density at radius 2 is 1.73 bits per heavy atom. The number of carbonyl (C=O) groups is 1. The van der Waals surface area contributed by atoms with Crippen molar-refractivity contribution in [2.45, 2.75) is 12.7 Å². The van der Waals surface area contributed by atoms with Gasteiger partial charge >= 0.3 is 6.18 Å². The molecular weight excluding hydrogens is 400 g/mol. The monoisotopic (exact) mass is 418 g/mol. The molecule has 30 heavy (non-hydrogen) atoms. The van der Waals surface area contributed by atoms with E-state index in [-0.39, 0.29) is 11.1 Å². The van der Waals surface area contributed by atoms with Crippen LogP contribution in [0, 0.1) is 5.82 Å². The van der Waals surface area contributed by atoms with Crippen molar-refractivity contribution in [3.63, 3.8) is 0 Å². The predicted molar refractivity (Wildman–Crippen MR) is 104 cm³/mol. The number of rotatable bonds is 4. The van der Waals surface area contributed by atoms with Crippen molar-refractivity contribution in [1.82, 2.24) is 9.88 Å². The molecule has 0 amide bonds. The maximum absolute atomic E-state index is 13.5. The van der Waals surface area contributed by atoms with Crippen LogP contribution in [-0.2, 0) is 11.3 Å². The molecule has 0 bridgehead atoms. The van der Waals surface area contributed by atoms with Crippen LogP contribution in [0.4, 0.5) is 17.6 Å². The fraction of sp³-hybridized carbons (Fsp3) is 0.273. The van der Waals surface area contributed by atoms with Gasteiger partial charge in [0.2, 0.25) is 0 Å². The lowest BCUT2D eigenvalue weighted by atomic mass is 9.99. The Bertz CT molecular complexity index is 1070. The van der Waals surface area contributed by atoms with Crippen LogP contribution < -0.4 is 0 Å². The summed E-state index contributed by atoms with van der Waals surface area (Å²) in [5, 5.41) is 0.135. The van der Waals surface area contributed by atoms with Gasteiger partial charge in [-0.05, 0) is 29.8 Å². The summed E-state index contributed by atoms with van der Waals surface area (Å²) in [7, 11) is 0. The zero-order chi connectivity index (χ0) is 21.3. The number of ketones is 1. The highest BCUT2D eigenvalue weighted by Crippen LogP contribution is 2.31. The minimum absolute atomic E-state index is 0.0747. The van der Waals surface area contributed by atoms with Gasteiger partial charge in [0.05, 0.1) is 30.0 Å². The number of carbonyl (C=O) groups excluding carboxylic acids is 1. The summed E-state index contributed by atoms with van der Waals surface area (Å²) in [5.74, 6) is -2.62. The fourth-order valence-corrected chi connectivity index (χ4v) is 3.48. The number of aromatic nitrogens is 1. The van der Waals surface area contributed by atoms with Crippen molar-refractivity contribution in [2.24, 2.45) is 0 Å². The average Bonchev–Trinajstić information content (AvgIpc) is 2.73. The number of hydrogen-bond acceptors (Lipinski definition) is 4. The van der Waals surface area contributed by atoms with Crippen LogP contribution in [-0.4, -0.2) is 48.1 Å². The van der Waals surface area contributed by atoms with E-state index in [1.54, 1.807) is 12.1 Å². The summed E-state index contributed by atoms with van der Waals surface area (Å²) in [4.78, 5) is 18.5. The molecule has 1 aliphatic heterocycles. The number of alkyl halides is 3. The van der Waals surface area contributed by atoms with Crippen molar-refractivity contribution >= 4 is 16.7 Å². The first-order valence-electron chi connectivity index (χ1n) is 9.42. The number of fused-ring (bicyclic) bond motifs is 1. The van der Waals surface area contributed by atoms with E-state index < -0.39 is 23.3 Å². The molecule has 0 unspecified atom stereocenters. The number of hydrogen-bond donors (Lipinski definition) is 0. The van der Waals surface area contributed by atoms with E-state index >= 15 is 0 Å². The molecule has 0 spiro atoms. The van der Waals surface area contributed by atoms with E-state index in [1.165, 1.54) is 12.1 Å². The molecule has 1 aliphatic rings. The molecule has 1 saturated heterocycles. The van der Waals surface area contributed by atoms with E-state index in [9.17, 15) is 22.4 Å². The van der Waals surface area contributed by atoms with Gasteiger partial charge in [-0.3, -0.25) is 9.69 Å². The molecule has 1 aromatic heterocycles. The van der Waals surface area contributed by atoms with E-state index in [2.05, 4.69) is 9.88 Å². The number of pyridine rings is 1. The van der Waals surface area contributed by atoms with Gasteiger partial charge in [-0.1, -0.05) is 24.3 Å². The van der Waals surface area contributed by atoms with Crippen molar-refractivity contribution in [2.75, 3.05) is 26.3 Å². The quantitative estimate of drug-likeness (QED) is 0.458. The molecule has 4 rings (SSSR count). The Balaban J connectivity index is 1.72. The zero-order valence-electron chi connectivity index (χ0n) is 15.9. The van der Waals surface area contributed by atoms with Crippen LogP contribution in [0.25, 0.3) is 22.2 Å². The molecule has 0 aliphatic carbocycles. The number of benzene rings is 2. The lowest BCUT2D eigenvalue weighted by Crippen LogP contribution is -2.35. The average molecular weight is 418 g/mol. The van der Waals surface area contributed by atoms with Crippen LogP contribution in [0.15, 0.2) is 48.5 Å². The highest BCUT2D eigenvalue weighted by atomic mass is 19.4. The van der Waals surface area contributed by atoms with Crippen LogP contribution >= 0.6 is 0 Å². The first-order valence-corrected chi connectivity index (χ1v) is 9.42. The van der Waals surface area contributed by atoms with Gasteiger partial charge in [-0.25, -0.2) is 9.37 Å². The van der Waals surface area contributed by atoms with Crippen molar-refractivity contribution < 1.29 is 27.1 Å². The first-order chi connectivity index (χ1) is 14.3. The first kappa shape index (κ1) is 20.4. The molecule has 0 atom stereocenters. The topological polar surface area (TPSA) is 42.4 Å². The molecule has 0 saturated carbocycles. The Morgan fingerprint density at radius 3 is 2.40 bits per heavy atom. The Labute approximate surface area is 170 Å². The molecule has 2 heterocycles. The lowest BCUT2D eigenvalue weighted by molar-refractivity contribution is -0.0884. The molecular formula is C22H18F4N2O2. The summed E-state index contributed by atoms with van der Waals surface area (Å²) in [6.45, 7) is 3.66. The second-order valence-corrected chi connectivity index (χ2v) is 7.13. The van der Waals surface area contributed by atoms with Gasteiger partial charge in [0.15, 0.2) is 0 Å². The van der Waals surface area contributed by atoms with E-state index in [0.717, 1.165) is 30.8 Å². The molecule has 8 heteroatoms. The summed E-state index contributed by atoms with van der Waals surface area (Å²) >= 11 is 0. The second-order valence-electron chi connectivity index (χ2n) is 7.13. The highest BCUT2D eigenvalue weighted by molar-refractivity contribution is 6.07. The molecule has 1 fully saturated rings. The standard InChI is InChI=1S/C22H18F4N2O2/c23-17-5-6-19-16(11-17)12-18(21(29)22(24,25)26)20(27-19)15-3-1-14(2-4-15)13-28-7-9-30-10-8-28/h1-6,11-12H,7-10,13H2. The Kier molecular flexibility index (Phi) is 5.53. The summed E-state index contributed by atoms with van der Waals surface area (Å²) in [5.41, 5.74) is 1.02. The van der Waals surface area contributed by atoms with E-state index in [4.69, 9.17) is 4.74 Å². The third-order valence-electron chi connectivity index (χ3n) is 5.02. The molecule has 0 N–H and O–H groups in total. The molecule has 0 radical (unpaired) electrons. The number of Topliss-reactive ketones (excluding diaryl/α,β-unsaturated/α-hetero) is 1. The summed E-state index contributed by atoms with van der Waals surface area (Å²) < 4.78 is 58.3. The van der Waals surface area contributed by atoms with Gasteiger partial charge in [-0.15, -0.1) is 0 Å². The van der Waals surface area contributed by atoms with Crippen molar-refractivity contribution in [1.29, 1.82) is 0 Å². The molecule has 4 nitrogen and oxygen atoms in total. The van der Waals surface area contributed by atoms with E-state index in [1.807, 2.05) is 12.1 Å². The summed E-state index contributed by atoms with van der Waals surface area (Å²) in [6, 6.07) is 11.6. The van der Waals surface area contributed by atoms with Gasteiger partial charge in [0.25, 0.3) is 5.78 Å². The minimum atomic E-state index is -5.06. The summed E-state index contributed by atoms with van der Waals surface area (Å²) in [6.07, 6.45) is -5.06. The molecule has 2 aromatic carbocycles. The SMILES string of the molecule is O=C(c1cc2cc(F)ccc2nc1-c1ccc(CN2CCOCC2)cc1)C(F)(F)F. The maximum atomic E-state index is 13.5. The number of halogens is 4. The molecule has 3 aromatic rings. The van der Waals surface area contributed by atoms with Crippen molar-refractivity contribution in [3.8, 4) is 11.3 Å². The van der Waals surface area contributed by atoms with Crippen molar-refractivity contribution in [3.05, 3.63) is 65.5 Å². The third kappa shape index (κ3) is 4.34. The van der Waals surface area contributed by atoms with Gasteiger partial charge in [0, 0.05) is 30.6 Å². The number of morpholine rings is 1. The number of ether oxygens (including phenoxy) is 1. The van der Waals surface area contributed by atoms with E-state index in [0.29, 0.717) is 30.8 Å². The smallest absolute Gasteiger partial charge is 0.379 e. The number of nitrogens with zero attached hydrogens (tertiary/aromatic N) is 2. The third-order valence-corrected chi connectivity index (χ3v) is 5.02. The van der Waals surface area contributed by atoms with Gasteiger partial charge in [-0.2, -0.15) is 13.2 Å². The van der Waals surface area contributed by atoms with Crippen LogP contribution in [0.2, 0.25) is 0 Å².